The maximum absolute atomic E-state index is 10.8. The summed E-state index contributed by atoms with van der Waals surface area (Å²) in [4.78, 5) is 14.5. The van der Waals surface area contributed by atoms with E-state index in [-0.39, 0.29) is 18.3 Å². The van der Waals surface area contributed by atoms with Gasteiger partial charge in [0.2, 0.25) is 0 Å². The number of rotatable bonds is 5. The highest BCUT2D eigenvalue weighted by Crippen LogP contribution is 2.14. The molecule has 0 radical (unpaired) electrons. The van der Waals surface area contributed by atoms with Crippen LogP contribution in [0.2, 0.25) is 0 Å². The van der Waals surface area contributed by atoms with Crippen molar-refractivity contribution in [2.24, 2.45) is 0 Å². The van der Waals surface area contributed by atoms with Gasteiger partial charge >= 0.3 is 5.97 Å². The summed E-state index contributed by atoms with van der Waals surface area (Å²) in [5.41, 5.74) is 0.767. The first-order chi connectivity index (χ1) is 9.06. The molecule has 0 bridgehead atoms. The monoisotopic (exact) mass is 261 g/mol. The molecule has 6 nitrogen and oxygen atoms in total. The van der Waals surface area contributed by atoms with E-state index in [0.29, 0.717) is 5.75 Å². The van der Waals surface area contributed by atoms with E-state index in [4.69, 9.17) is 9.84 Å². The van der Waals surface area contributed by atoms with Crippen LogP contribution in [0, 0.1) is 0 Å². The molecule has 0 aromatic carbocycles. The zero-order chi connectivity index (χ0) is 13.8. The van der Waals surface area contributed by atoms with Gasteiger partial charge in [-0.2, -0.15) is 5.10 Å². The van der Waals surface area contributed by atoms with Gasteiger partial charge in [0.25, 0.3) is 0 Å². The quantitative estimate of drug-likeness (QED) is 0.892. The van der Waals surface area contributed by atoms with Crippen molar-refractivity contribution in [3.05, 3.63) is 42.0 Å². The number of aromatic carboxylic acids is 1. The molecule has 2 aromatic heterocycles. The van der Waals surface area contributed by atoms with Crippen molar-refractivity contribution < 1.29 is 14.6 Å². The zero-order valence-electron chi connectivity index (χ0n) is 10.8. The van der Waals surface area contributed by atoms with E-state index in [2.05, 4.69) is 10.1 Å². The van der Waals surface area contributed by atoms with Crippen molar-refractivity contribution in [2.45, 2.75) is 26.5 Å². The van der Waals surface area contributed by atoms with E-state index >= 15 is 0 Å². The Kier molecular flexibility index (Phi) is 3.79. The number of nitrogens with zero attached hydrogens (tertiary/aromatic N) is 3. The molecule has 0 aliphatic heterocycles. The Balaban J connectivity index is 2.01. The van der Waals surface area contributed by atoms with Crippen LogP contribution in [0.5, 0.6) is 5.75 Å². The van der Waals surface area contributed by atoms with Gasteiger partial charge in [-0.3, -0.25) is 4.68 Å². The van der Waals surface area contributed by atoms with Gasteiger partial charge < -0.3 is 9.84 Å². The lowest BCUT2D eigenvalue weighted by Gasteiger charge is -2.05. The van der Waals surface area contributed by atoms with Crippen LogP contribution in [0.25, 0.3) is 0 Å². The number of hydrogen-bond donors (Lipinski definition) is 1. The number of aromatic nitrogens is 3. The van der Waals surface area contributed by atoms with Crippen LogP contribution in [-0.4, -0.2) is 25.8 Å². The summed E-state index contributed by atoms with van der Waals surface area (Å²) in [6, 6.07) is 3.49. The molecule has 6 heteroatoms. The molecule has 0 fully saturated rings. The standard InChI is InChI=1S/C13H15N3O3/c1-9(2)16-7-11(6-15-16)19-8-10-3-4-14-12(5-10)13(17)18/h3-7,9H,8H2,1-2H3,(H,17,18). The topological polar surface area (TPSA) is 77.2 Å². The largest absolute Gasteiger partial charge is 0.486 e. The molecule has 0 spiro atoms. The molecule has 100 valence electrons. The fraction of sp³-hybridized carbons (Fsp3) is 0.308. The summed E-state index contributed by atoms with van der Waals surface area (Å²) in [6.45, 7) is 4.34. The highest BCUT2D eigenvalue weighted by Gasteiger charge is 2.06. The predicted molar refractivity (Wildman–Crippen MR) is 68.1 cm³/mol. The lowest BCUT2D eigenvalue weighted by molar-refractivity contribution is 0.0690. The summed E-state index contributed by atoms with van der Waals surface area (Å²) < 4.78 is 7.35. The minimum atomic E-state index is -1.05. The second kappa shape index (κ2) is 5.51. The Hall–Kier alpha value is -2.37. The van der Waals surface area contributed by atoms with Gasteiger partial charge in [0.05, 0.1) is 12.4 Å². The van der Waals surface area contributed by atoms with Crippen LogP contribution in [0.1, 0.15) is 35.9 Å². The Morgan fingerprint density at radius 1 is 1.53 bits per heavy atom. The average Bonchev–Trinajstić information content (AvgIpc) is 2.85. The predicted octanol–water partition coefficient (Wildman–Crippen LogP) is 2.14. The molecule has 19 heavy (non-hydrogen) atoms. The van der Waals surface area contributed by atoms with Crippen molar-refractivity contribution in [3.63, 3.8) is 0 Å². The number of hydrogen-bond acceptors (Lipinski definition) is 4. The first-order valence-corrected chi connectivity index (χ1v) is 5.91. The van der Waals surface area contributed by atoms with Crippen LogP contribution in [-0.2, 0) is 6.61 Å². The zero-order valence-corrected chi connectivity index (χ0v) is 10.8. The number of ether oxygens (including phenoxy) is 1. The van der Waals surface area contributed by atoms with Gasteiger partial charge in [0, 0.05) is 12.2 Å². The van der Waals surface area contributed by atoms with Crippen LogP contribution < -0.4 is 4.74 Å². The fourth-order valence-corrected chi connectivity index (χ4v) is 1.53. The molecule has 1 N–H and O–H groups in total. The summed E-state index contributed by atoms with van der Waals surface area (Å²) >= 11 is 0. The summed E-state index contributed by atoms with van der Waals surface area (Å²) in [7, 11) is 0. The van der Waals surface area contributed by atoms with E-state index in [1.54, 1.807) is 16.9 Å². The van der Waals surface area contributed by atoms with E-state index in [1.165, 1.54) is 12.3 Å². The molecular weight excluding hydrogens is 246 g/mol. The highest BCUT2D eigenvalue weighted by molar-refractivity contribution is 5.85. The molecule has 0 aliphatic carbocycles. The fourth-order valence-electron chi connectivity index (χ4n) is 1.53. The summed E-state index contributed by atoms with van der Waals surface area (Å²) in [5, 5.41) is 13.0. The number of carbonyl (C=O) groups is 1. The lowest BCUT2D eigenvalue weighted by atomic mass is 10.2. The third kappa shape index (κ3) is 3.31. The highest BCUT2D eigenvalue weighted by atomic mass is 16.5. The first-order valence-electron chi connectivity index (χ1n) is 5.91. The van der Waals surface area contributed by atoms with Gasteiger partial charge in [-0.05, 0) is 31.5 Å². The summed E-state index contributed by atoms with van der Waals surface area (Å²) in [6.07, 6.45) is 4.91. The molecule has 0 atom stereocenters. The molecule has 0 aliphatic rings. The second-order valence-corrected chi connectivity index (χ2v) is 4.39. The Morgan fingerprint density at radius 2 is 2.32 bits per heavy atom. The van der Waals surface area contributed by atoms with Crippen molar-refractivity contribution in [1.29, 1.82) is 0 Å². The van der Waals surface area contributed by atoms with Crippen LogP contribution in [0.15, 0.2) is 30.7 Å². The van der Waals surface area contributed by atoms with E-state index in [1.807, 2.05) is 20.0 Å². The molecule has 0 saturated heterocycles. The normalized spacial score (nSPS) is 10.7. The SMILES string of the molecule is CC(C)n1cc(OCc2ccnc(C(=O)O)c2)cn1. The van der Waals surface area contributed by atoms with Crippen LogP contribution in [0.3, 0.4) is 0 Å². The Labute approximate surface area is 110 Å². The summed E-state index contributed by atoms with van der Waals surface area (Å²) in [5.74, 6) is -0.392. The van der Waals surface area contributed by atoms with Gasteiger partial charge in [-0.25, -0.2) is 9.78 Å². The molecule has 2 aromatic rings. The van der Waals surface area contributed by atoms with Crippen LogP contribution >= 0.6 is 0 Å². The third-order valence-corrected chi connectivity index (χ3v) is 2.56. The average molecular weight is 261 g/mol. The van der Waals surface area contributed by atoms with Gasteiger partial charge in [0.15, 0.2) is 5.75 Å². The van der Waals surface area contributed by atoms with Gasteiger partial charge in [0.1, 0.15) is 12.3 Å². The molecule has 0 saturated carbocycles. The van der Waals surface area contributed by atoms with Crippen molar-refractivity contribution in [3.8, 4) is 5.75 Å². The Morgan fingerprint density at radius 3 is 2.95 bits per heavy atom. The maximum atomic E-state index is 10.8. The third-order valence-electron chi connectivity index (χ3n) is 2.56. The number of carboxylic acids is 1. The van der Waals surface area contributed by atoms with Crippen molar-refractivity contribution >= 4 is 5.97 Å². The minimum absolute atomic E-state index is 0.0129. The van der Waals surface area contributed by atoms with Crippen LogP contribution in [0.4, 0.5) is 0 Å². The van der Waals surface area contributed by atoms with Crippen molar-refractivity contribution in [2.75, 3.05) is 0 Å². The number of carboxylic acid groups (broad SMARTS) is 1. The van der Waals surface area contributed by atoms with Gasteiger partial charge in [-0.1, -0.05) is 0 Å². The molecule has 0 amide bonds. The first kappa shape index (κ1) is 13.1. The lowest BCUT2D eigenvalue weighted by Crippen LogP contribution is -2.03. The molecule has 2 heterocycles. The van der Waals surface area contributed by atoms with E-state index in [0.717, 1.165) is 5.56 Å². The molecule has 0 unspecified atom stereocenters. The van der Waals surface area contributed by atoms with E-state index < -0.39 is 5.97 Å². The van der Waals surface area contributed by atoms with E-state index in [9.17, 15) is 4.79 Å². The Bertz CT molecular complexity index is 578. The van der Waals surface area contributed by atoms with Crippen molar-refractivity contribution in [1.82, 2.24) is 14.8 Å². The second-order valence-electron chi connectivity index (χ2n) is 4.39. The maximum Gasteiger partial charge on any atom is 0.354 e. The number of pyridine rings is 1. The smallest absolute Gasteiger partial charge is 0.354 e. The minimum Gasteiger partial charge on any atom is -0.486 e. The van der Waals surface area contributed by atoms with Gasteiger partial charge in [-0.15, -0.1) is 0 Å². The molecular formula is C13H15N3O3. The molecule has 2 rings (SSSR count).